The van der Waals surface area contributed by atoms with Crippen LogP contribution in [0.2, 0.25) is 10.0 Å². The van der Waals surface area contributed by atoms with Crippen LogP contribution in [0.5, 0.6) is 0 Å². The molecule has 4 nitrogen and oxygen atoms in total. The second-order valence-electron chi connectivity index (χ2n) is 4.18. The zero-order chi connectivity index (χ0) is 14.4. The van der Waals surface area contributed by atoms with E-state index in [4.69, 9.17) is 27.6 Å². The molecule has 0 bridgehead atoms. The molecule has 0 saturated heterocycles. The van der Waals surface area contributed by atoms with Crippen LogP contribution in [0.15, 0.2) is 41.0 Å². The summed E-state index contributed by atoms with van der Waals surface area (Å²) in [6, 6.07) is 8.69. The molecule has 20 heavy (non-hydrogen) atoms. The molecule has 0 fully saturated rings. The monoisotopic (exact) mass is 312 g/mol. The van der Waals surface area contributed by atoms with E-state index < -0.39 is 0 Å². The van der Waals surface area contributed by atoms with Gasteiger partial charge in [0.05, 0.1) is 22.9 Å². The molecule has 0 radical (unpaired) electrons. The number of furan rings is 1. The van der Waals surface area contributed by atoms with Crippen molar-refractivity contribution in [3.63, 3.8) is 0 Å². The van der Waals surface area contributed by atoms with Gasteiger partial charge in [0.1, 0.15) is 5.76 Å². The quantitative estimate of drug-likeness (QED) is 0.800. The molecule has 0 aliphatic heterocycles. The minimum absolute atomic E-state index is 0.0877. The van der Waals surface area contributed by atoms with Crippen molar-refractivity contribution in [1.29, 1.82) is 0 Å². The highest BCUT2D eigenvalue weighted by molar-refractivity contribution is 6.42. The number of hydrogen-bond acceptors (Lipinski definition) is 3. The molecule has 6 heteroatoms. The summed E-state index contributed by atoms with van der Waals surface area (Å²) in [7, 11) is 0. The fourth-order valence-electron chi connectivity index (χ4n) is 1.62. The fourth-order valence-corrected chi connectivity index (χ4v) is 1.92. The molecule has 0 saturated carbocycles. The number of carbonyl (C=O) groups excluding carboxylic acids is 1. The zero-order valence-corrected chi connectivity index (χ0v) is 12.2. The maximum Gasteiger partial charge on any atom is 0.225 e. The number of rotatable bonds is 6. The third-order valence-corrected chi connectivity index (χ3v) is 3.35. The van der Waals surface area contributed by atoms with Crippen LogP contribution in [-0.2, 0) is 11.3 Å². The highest BCUT2D eigenvalue weighted by Gasteiger charge is 2.04. The summed E-state index contributed by atoms with van der Waals surface area (Å²) in [6.45, 7) is 1.17. The SMILES string of the molecule is O=C(CCNCc1ccco1)Nc1ccc(Cl)c(Cl)c1. The van der Waals surface area contributed by atoms with Crippen LogP contribution in [-0.4, -0.2) is 12.5 Å². The topological polar surface area (TPSA) is 54.3 Å². The van der Waals surface area contributed by atoms with Gasteiger partial charge in [0.15, 0.2) is 0 Å². The first kappa shape index (κ1) is 14.9. The highest BCUT2D eigenvalue weighted by atomic mass is 35.5. The Labute approximate surface area is 127 Å². The molecule has 0 aliphatic rings. The van der Waals surface area contributed by atoms with E-state index in [1.54, 1.807) is 24.5 Å². The van der Waals surface area contributed by atoms with E-state index in [-0.39, 0.29) is 5.91 Å². The lowest BCUT2D eigenvalue weighted by Gasteiger charge is -2.07. The van der Waals surface area contributed by atoms with Gasteiger partial charge in [-0.25, -0.2) is 0 Å². The van der Waals surface area contributed by atoms with Crippen molar-refractivity contribution in [2.45, 2.75) is 13.0 Å². The molecule has 2 rings (SSSR count). The van der Waals surface area contributed by atoms with E-state index >= 15 is 0 Å². The summed E-state index contributed by atoms with van der Waals surface area (Å²) in [6.07, 6.45) is 1.98. The molecule has 2 aromatic rings. The minimum Gasteiger partial charge on any atom is -0.468 e. The van der Waals surface area contributed by atoms with E-state index in [2.05, 4.69) is 10.6 Å². The van der Waals surface area contributed by atoms with Crippen molar-refractivity contribution in [2.75, 3.05) is 11.9 Å². The van der Waals surface area contributed by atoms with Crippen LogP contribution in [0.25, 0.3) is 0 Å². The Kier molecular flexibility index (Phi) is 5.47. The first-order chi connectivity index (χ1) is 9.65. The number of anilines is 1. The number of hydrogen-bond donors (Lipinski definition) is 2. The third-order valence-electron chi connectivity index (χ3n) is 2.61. The van der Waals surface area contributed by atoms with Crippen molar-refractivity contribution in [3.8, 4) is 0 Å². The molecule has 0 aliphatic carbocycles. The van der Waals surface area contributed by atoms with E-state index in [1.807, 2.05) is 12.1 Å². The van der Waals surface area contributed by atoms with E-state index in [9.17, 15) is 4.79 Å². The largest absolute Gasteiger partial charge is 0.468 e. The van der Waals surface area contributed by atoms with Crippen molar-refractivity contribution in [2.24, 2.45) is 0 Å². The summed E-state index contributed by atoms with van der Waals surface area (Å²) >= 11 is 11.7. The van der Waals surface area contributed by atoms with Crippen molar-refractivity contribution in [3.05, 3.63) is 52.4 Å². The van der Waals surface area contributed by atoms with Crippen molar-refractivity contribution in [1.82, 2.24) is 5.32 Å². The molecular formula is C14H14Cl2N2O2. The van der Waals surface area contributed by atoms with Gasteiger partial charge in [0.25, 0.3) is 0 Å². The van der Waals surface area contributed by atoms with Crippen LogP contribution >= 0.6 is 23.2 Å². The molecular weight excluding hydrogens is 299 g/mol. The van der Waals surface area contributed by atoms with Gasteiger partial charge < -0.3 is 15.1 Å². The Hall–Kier alpha value is -1.49. The molecule has 1 amide bonds. The summed E-state index contributed by atoms with van der Waals surface area (Å²) in [5.74, 6) is 0.755. The van der Waals surface area contributed by atoms with Gasteiger partial charge in [-0.15, -0.1) is 0 Å². The zero-order valence-electron chi connectivity index (χ0n) is 10.7. The van der Waals surface area contributed by atoms with Crippen LogP contribution in [0.4, 0.5) is 5.69 Å². The fraction of sp³-hybridized carbons (Fsp3) is 0.214. The Morgan fingerprint density at radius 3 is 2.75 bits per heavy atom. The van der Waals surface area contributed by atoms with Gasteiger partial charge in [0.2, 0.25) is 5.91 Å². The van der Waals surface area contributed by atoms with Gasteiger partial charge >= 0.3 is 0 Å². The van der Waals surface area contributed by atoms with E-state index in [0.29, 0.717) is 35.2 Å². The summed E-state index contributed by atoms with van der Waals surface area (Å²) in [4.78, 5) is 11.7. The van der Waals surface area contributed by atoms with Crippen LogP contribution in [0.1, 0.15) is 12.2 Å². The third kappa shape index (κ3) is 4.56. The maximum atomic E-state index is 11.7. The maximum absolute atomic E-state index is 11.7. The minimum atomic E-state index is -0.0877. The van der Waals surface area contributed by atoms with E-state index in [1.165, 1.54) is 0 Å². The predicted molar refractivity (Wildman–Crippen MR) is 80.1 cm³/mol. The molecule has 1 aromatic heterocycles. The smallest absolute Gasteiger partial charge is 0.225 e. The van der Waals surface area contributed by atoms with Gasteiger partial charge in [-0.1, -0.05) is 23.2 Å². The van der Waals surface area contributed by atoms with Gasteiger partial charge in [0, 0.05) is 18.7 Å². The number of benzene rings is 1. The van der Waals surface area contributed by atoms with Gasteiger partial charge in [-0.3, -0.25) is 4.79 Å². The lowest BCUT2D eigenvalue weighted by atomic mass is 10.3. The molecule has 2 N–H and O–H groups in total. The Bertz CT molecular complexity index is 571. The van der Waals surface area contributed by atoms with Gasteiger partial charge in [-0.2, -0.15) is 0 Å². The Morgan fingerprint density at radius 2 is 2.05 bits per heavy atom. The lowest BCUT2D eigenvalue weighted by Crippen LogP contribution is -2.21. The normalized spacial score (nSPS) is 10.5. The number of amides is 1. The average Bonchev–Trinajstić information content (AvgIpc) is 2.92. The first-order valence-electron chi connectivity index (χ1n) is 6.13. The van der Waals surface area contributed by atoms with Crippen molar-refractivity contribution < 1.29 is 9.21 Å². The first-order valence-corrected chi connectivity index (χ1v) is 6.89. The van der Waals surface area contributed by atoms with E-state index in [0.717, 1.165) is 5.76 Å². The molecule has 0 atom stereocenters. The lowest BCUT2D eigenvalue weighted by molar-refractivity contribution is -0.116. The Balaban J connectivity index is 1.71. The number of carbonyl (C=O) groups is 1. The summed E-state index contributed by atoms with van der Waals surface area (Å²) < 4.78 is 5.17. The van der Waals surface area contributed by atoms with Gasteiger partial charge in [-0.05, 0) is 30.3 Å². The summed E-state index contributed by atoms with van der Waals surface area (Å²) in [5, 5.41) is 6.76. The average molecular weight is 313 g/mol. The number of nitrogens with one attached hydrogen (secondary N) is 2. The molecule has 0 unspecified atom stereocenters. The second-order valence-corrected chi connectivity index (χ2v) is 5.00. The molecule has 0 spiro atoms. The Morgan fingerprint density at radius 1 is 1.20 bits per heavy atom. The van der Waals surface area contributed by atoms with Crippen LogP contribution in [0.3, 0.4) is 0 Å². The van der Waals surface area contributed by atoms with Crippen LogP contribution < -0.4 is 10.6 Å². The van der Waals surface area contributed by atoms with Crippen LogP contribution in [0, 0.1) is 0 Å². The number of halogens is 2. The summed E-state index contributed by atoms with van der Waals surface area (Å²) in [5.41, 5.74) is 0.635. The molecule has 1 aromatic carbocycles. The van der Waals surface area contributed by atoms with Crippen molar-refractivity contribution >= 4 is 34.8 Å². The molecule has 1 heterocycles. The highest BCUT2D eigenvalue weighted by Crippen LogP contribution is 2.24. The standard InChI is InChI=1S/C14H14Cl2N2O2/c15-12-4-3-10(8-13(12)16)18-14(19)5-6-17-9-11-2-1-7-20-11/h1-4,7-8,17H,5-6,9H2,(H,18,19). The second kappa shape index (κ2) is 7.33. The molecule has 106 valence electrons. The predicted octanol–water partition coefficient (Wildman–Crippen LogP) is 3.70.